The Balaban J connectivity index is 1.28. The van der Waals surface area contributed by atoms with Gasteiger partial charge < -0.3 is 14.5 Å². The van der Waals surface area contributed by atoms with E-state index in [9.17, 15) is 18.8 Å². The van der Waals surface area contributed by atoms with E-state index in [1.165, 1.54) is 18.3 Å². The molecule has 1 unspecified atom stereocenters. The van der Waals surface area contributed by atoms with Crippen molar-refractivity contribution in [2.45, 2.75) is 33.7 Å². The SMILES string of the molecule is CCOC(=O)C1CN(C(=O)c2cnn(Cc3ccc(F)cc3)c2)CC12CN(C(=O)[C@H]1CC1(C)C)C2. The lowest BCUT2D eigenvalue weighted by Gasteiger charge is -2.50. The Morgan fingerprint density at radius 1 is 1.09 bits per heavy atom. The van der Waals surface area contributed by atoms with E-state index >= 15 is 0 Å². The molecule has 1 spiro atoms. The number of benzene rings is 1. The Morgan fingerprint density at radius 3 is 2.37 bits per heavy atom. The zero-order chi connectivity index (χ0) is 25.0. The van der Waals surface area contributed by atoms with Crippen LogP contribution in [0.2, 0.25) is 0 Å². The van der Waals surface area contributed by atoms with Crippen molar-refractivity contribution in [3.63, 3.8) is 0 Å². The van der Waals surface area contributed by atoms with Crippen LogP contribution in [0.25, 0.3) is 0 Å². The Labute approximate surface area is 204 Å². The van der Waals surface area contributed by atoms with Crippen LogP contribution >= 0.6 is 0 Å². The highest BCUT2D eigenvalue weighted by Gasteiger charge is 2.62. The molecule has 5 rings (SSSR count). The normalized spacial score (nSPS) is 23.8. The molecule has 1 aromatic carbocycles. The number of hydrogen-bond donors (Lipinski definition) is 0. The number of carbonyl (C=O) groups is 3. The minimum absolute atomic E-state index is 0.0477. The number of likely N-dealkylation sites (tertiary alicyclic amines) is 2. The second-order valence-corrected chi connectivity index (χ2v) is 10.8. The number of nitrogens with zero attached hydrogens (tertiary/aromatic N) is 4. The Morgan fingerprint density at radius 2 is 1.74 bits per heavy atom. The molecule has 2 amide bonds. The first-order chi connectivity index (χ1) is 16.6. The molecule has 1 aliphatic carbocycles. The van der Waals surface area contributed by atoms with Gasteiger partial charge in [0.2, 0.25) is 5.91 Å². The molecule has 2 atom stereocenters. The summed E-state index contributed by atoms with van der Waals surface area (Å²) in [4.78, 5) is 42.5. The van der Waals surface area contributed by atoms with Crippen molar-refractivity contribution in [1.82, 2.24) is 19.6 Å². The average Bonchev–Trinajstić information content (AvgIpc) is 3.15. The number of ether oxygens (including phenoxy) is 1. The van der Waals surface area contributed by atoms with Crippen molar-refractivity contribution in [3.8, 4) is 0 Å². The van der Waals surface area contributed by atoms with Gasteiger partial charge in [-0.05, 0) is 36.5 Å². The van der Waals surface area contributed by atoms with Gasteiger partial charge in [-0.1, -0.05) is 26.0 Å². The molecule has 0 bridgehead atoms. The largest absolute Gasteiger partial charge is 0.466 e. The number of rotatable bonds is 6. The molecule has 1 saturated carbocycles. The third-order valence-corrected chi connectivity index (χ3v) is 7.78. The lowest BCUT2D eigenvalue weighted by molar-refractivity contribution is -0.162. The van der Waals surface area contributed by atoms with Crippen LogP contribution in [-0.4, -0.2) is 70.1 Å². The van der Waals surface area contributed by atoms with Gasteiger partial charge in [0, 0.05) is 43.7 Å². The van der Waals surface area contributed by atoms with Gasteiger partial charge in [0.25, 0.3) is 5.91 Å². The van der Waals surface area contributed by atoms with Gasteiger partial charge in [-0.25, -0.2) is 4.39 Å². The Hall–Kier alpha value is -3.23. The summed E-state index contributed by atoms with van der Waals surface area (Å²) in [7, 11) is 0. The summed E-state index contributed by atoms with van der Waals surface area (Å²) in [5, 5.41) is 4.29. The van der Waals surface area contributed by atoms with Crippen LogP contribution in [0.15, 0.2) is 36.7 Å². The third kappa shape index (κ3) is 4.32. The van der Waals surface area contributed by atoms with E-state index in [1.807, 2.05) is 4.90 Å². The van der Waals surface area contributed by atoms with Gasteiger partial charge in [0.15, 0.2) is 0 Å². The lowest BCUT2D eigenvalue weighted by atomic mass is 9.71. The van der Waals surface area contributed by atoms with Crippen molar-refractivity contribution in [1.29, 1.82) is 0 Å². The maximum Gasteiger partial charge on any atom is 0.311 e. The molecule has 2 aromatic rings. The van der Waals surface area contributed by atoms with E-state index in [2.05, 4.69) is 18.9 Å². The summed E-state index contributed by atoms with van der Waals surface area (Å²) in [6, 6.07) is 6.14. The molecule has 186 valence electrons. The van der Waals surface area contributed by atoms with E-state index in [4.69, 9.17) is 4.74 Å². The summed E-state index contributed by atoms with van der Waals surface area (Å²) in [5.41, 5.74) is 0.875. The van der Waals surface area contributed by atoms with E-state index in [0.717, 1.165) is 12.0 Å². The summed E-state index contributed by atoms with van der Waals surface area (Å²) in [6.07, 6.45) is 4.08. The molecule has 0 radical (unpaired) electrons. The van der Waals surface area contributed by atoms with Crippen molar-refractivity contribution in [3.05, 3.63) is 53.6 Å². The van der Waals surface area contributed by atoms with Crippen LogP contribution in [0.4, 0.5) is 4.39 Å². The number of esters is 1. The van der Waals surface area contributed by atoms with Crippen molar-refractivity contribution in [2.24, 2.45) is 22.7 Å². The van der Waals surface area contributed by atoms with E-state index < -0.39 is 11.3 Å². The fraction of sp³-hybridized carbons (Fsp3) is 0.538. The van der Waals surface area contributed by atoms with Crippen LogP contribution in [0.3, 0.4) is 0 Å². The lowest BCUT2D eigenvalue weighted by Crippen LogP contribution is -2.63. The van der Waals surface area contributed by atoms with E-state index in [-0.39, 0.29) is 48.1 Å². The van der Waals surface area contributed by atoms with Crippen LogP contribution in [0.1, 0.15) is 43.1 Å². The molecule has 2 aliphatic heterocycles. The second-order valence-electron chi connectivity index (χ2n) is 10.8. The van der Waals surface area contributed by atoms with Gasteiger partial charge in [0.05, 0.1) is 30.8 Å². The van der Waals surface area contributed by atoms with Crippen molar-refractivity contribution >= 4 is 17.8 Å². The predicted octanol–water partition coefficient (Wildman–Crippen LogP) is 2.58. The summed E-state index contributed by atoms with van der Waals surface area (Å²) in [5.74, 6) is -1.08. The highest BCUT2D eigenvalue weighted by atomic mass is 19.1. The summed E-state index contributed by atoms with van der Waals surface area (Å²) < 4.78 is 20.1. The average molecular weight is 483 g/mol. The van der Waals surface area contributed by atoms with E-state index in [1.54, 1.807) is 34.8 Å². The maximum atomic E-state index is 13.3. The fourth-order valence-electron chi connectivity index (χ4n) is 5.51. The number of carbonyl (C=O) groups excluding carboxylic acids is 3. The highest BCUT2D eigenvalue weighted by molar-refractivity contribution is 5.95. The standard InChI is InChI=1S/C26H31FN4O4/c1-4-35-24(34)21-13-29(14-26(21)15-30(16-26)23(33)20-9-25(20,2)3)22(32)18-10-28-31(12-18)11-17-5-7-19(27)8-6-17/h5-8,10,12,20-21H,4,9,11,13-16H2,1-3H3/t20-,21?/m1/s1. The Kier molecular flexibility index (Phi) is 5.68. The van der Waals surface area contributed by atoms with Crippen LogP contribution in [0, 0.1) is 28.5 Å². The molecular weight excluding hydrogens is 451 g/mol. The summed E-state index contributed by atoms with van der Waals surface area (Å²) in [6.45, 7) is 8.24. The first-order valence-corrected chi connectivity index (χ1v) is 12.1. The number of halogens is 1. The van der Waals surface area contributed by atoms with Gasteiger partial charge in [-0.3, -0.25) is 19.1 Å². The predicted molar refractivity (Wildman–Crippen MR) is 125 cm³/mol. The summed E-state index contributed by atoms with van der Waals surface area (Å²) >= 11 is 0. The first-order valence-electron chi connectivity index (χ1n) is 12.1. The minimum atomic E-state index is -0.472. The number of amides is 2. The maximum absolute atomic E-state index is 13.3. The first kappa shape index (κ1) is 23.5. The molecular formula is C26H31FN4O4. The van der Waals surface area contributed by atoms with Crippen LogP contribution < -0.4 is 0 Å². The fourth-order valence-corrected chi connectivity index (χ4v) is 5.51. The highest BCUT2D eigenvalue weighted by Crippen LogP contribution is 2.54. The molecule has 8 nitrogen and oxygen atoms in total. The third-order valence-electron chi connectivity index (χ3n) is 7.78. The topological polar surface area (TPSA) is 84.7 Å². The molecule has 35 heavy (non-hydrogen) atoms. The second kappa shape index (κ2) is 8.46. The molecule has 0 N–H and O–H groups in total. The Bertz CT molecular complexity index is 1150. The molecule has 3 fully saturated rings. The molecule has 2 saturated heterocycles. The van der Waals surface area contributed by atoms with Crippen LogP contribution in [0.5, 0.6) is 0 Å². The number of aromatic nitrogens is 2. The van der Waals surface area contributed by atoms with Crippen molar-refractivity contribution < 1.29 is 23.5 Å². The van der Waals surface area contributed by atoms with Crippen LogP contribution in [-0.2, 0) is 20.9 Å². The monoisotopic (exact) mass is 482 g/mol. The van der Waals surface area contributed by atoms with Gasteiger partial charge in [-0.2, -0.15) is 5.10 Å². The molecule has 3 aliphatic rings. The van der Waals surface area contributed by atoms with Crippen molar-refractivity contribution in [2.75, 3.05) is 32.8 Å². The zero-order valence-corrected chi connectivity index (χ0v) is 20.4. The quantitative estimate of drug-likeness (QED) is 0.591. The molecule has 3 heterocycles. The van der Waals surface area contributed by atoms with Gasteiger partial charge in [0.1, 0.15) is 5.82 Å². The van der Waals surface area contributed by atoms with Gasteiger partial charge >= 0.3 is 5.97 Å². The smallest absolute Gasteiger partial charge is 0.311 e. The minimum Gasteiger partial charge on any atom is -0.466 e. The molecule has 9 heteroatoms. The zero-order valence-electron chi connectivity index (χ0n) is 20.4. The number of hydrogen-bond acceptors (Lipinski definition) is 5. The van der Waals surface area contributed by atoms with Gasteiger partial charge in [-0.15, -0.1) is 0 Å². The van der Waals surface area contributed by atoms with E-state index in [0.29, 0.717) is 31.7 Å². The molecule has 1 aromatic heterocycles.